The molecule has 0 aromatic heterocycles. The van der Waals surface area contributed by atoms with Crippen molar-refractivity contribution in [1.82, 2.24) is 0 Å². The first kappa shape index (κ1) is 9.23. The quantitative estimate of drug-likeness (QED) is 0.686. The van der Waals surface area contributed by atoms with Gasteiger partial charge in [-0.25, -0.2) is 0 Å². The molecule has 0 aliphatic carbocycles. The van der Waals surface area contributed by atoms with Gasteiger partial charge in [-0.3, -0.25) is 4.79 Å². The SMILES string of the molecule is N#Cc1cccc(OC=O)c1CO. The summed E-state index contributed by atoms with van der Waals surface area (Å²) in [6.07, 6.45) is 0. The van der Waals surface area contributed by atoms with Crippen LogP contribution in [0.4, 0.5) is 0 Å². The lowest BCUT2D eigenvalue weighted by atomic mass is 10.1. The third-order valence-electron chi connectivity index (χ3n) is 1.59. The summed E-state index contributed by atoms with van der Waals surface area (Å²) < 4.78 is 4.58. The van der Waals surface area contributed by atoms with Crippen LogP contribution in [0.25, 0.3) is 0 Å². The Morgan fingerprint density at radius 1 is 1.62 bits per heavy atom. The number of hydrogen-bond acceptors (Lipinski definition) is 4. The molecule has 0 fully saturated rings. The molecule has 0 radical (unpaired) electrons. The minimum Gasteiger partial charge on any atom is -0.428 e. The molecule has 0 saturated carbocycles. The zero-order valence-electron chi connectivity index (χ0n) is 6.73. The Bertz CT molecular complexity index is 354. The Morgan fingerprint density at radius 2 is 2.38 bits per heavy atom. The van der Waals surface area contributed by atoms with Crippen molar-refractivity contribution in [3.05, 3.63) is 29.3 Å². The number of hydrogen-bond donors (Lipinski definition) is 1. The summed E-state index contributed by atoms with van der Waals surface area (Å²) in [4.78, 5) is 10.1. The normalized spacial score (nSPS) is 8.92. The van der Waals surface area contributed by atoms with Gasteiger partial charge in [0.2, 0.25) is 0 Å². The molecule has 0 heterocycles. The van der Waals surface area contributed by atoms with Gasteiger partial charge in [0.1, 0.15) is 5.75 Å². The van der Waals surface area contributed by atoms with Gasteiger partial charge in [-0.2, -0.15) is 5.26 Å². The van der Waals surface area contributed by atoms with Crippen LogP contribution in [0.1, 0.15) is 11.1 Å². The molecule has 13 heavy (non-hydrogen) atoms. The smallest absolute Gasteiger partial charge is 0.298 e. The fourth-order valence-corrected chi connectivity index (χ4v) is 0.996. The van der Waals surface area contributed by atoms with Gasteiger partial charge >= 0.3 is 0 Å². The van der Waals surface area contributed by atoms with Gasteiger partial charge < -0.3 is 9.84 Å². The van der Waals surface area contributed by atoms with E-state index in [9.17, 15) is 4.79 Å². The van der Waals surface area contributed by atoms with Crippen LogP contribution in [0.5, 0.6) is 5.75 Å². The lowest BCUT2D eigenvalue weighted by Gasteiger charge is -2.05. The van der Waals surface area contributed by atoms with Crippen molar-refractivity contribution >= 4 is 6.47 Å². The second-order valence-corrected chi connectivity index (χ2v) is 2.27. The van der Waals surface area contributed by atoms with E-state index in [2.05, 4.69) is 4.74 Å². The standard InChI is InChI=1S/C9H7NO3/c10-4-7-2-1-3-9(13-6-12)8(7)5-11/h1-3,6,11H,5H2. The summed E-state index contributed by atoms with van der Waals surface area (Å²) in [5, 5.41) is 17.5. The number of aliphatic hydroxyl groups is 1. The Kier molecular flexibility index (Phi) is 3.01. The monoisotopic (exact) mass is 177 g/mol. The van der Waals surface area contributed by atoms with Crippen LogP contribution >= 0.6 is 0 Å². The fraction of sp³-hybridized carbons (Fsp3) is 0.111. The van der Waals surface area contributed by atoms with Crippen molar-refractivity contribution in [1.29, 1.82) is 5.26 Å². The minimum absolute atomic E-state index is 0.219. The summed E-state index contributed by atoms with van der Waals surface area (Å²) in [6, 6.07) is 6.53. The van der Waals surface area contributed by atoms with Gasteiger partial charge in [0.25, 0.3) is 6.47 Å². The van der Waals surface area contributed by atoms with E-state index in [0.717, 1.165) is 0 Å². The van der Waals surface area contributed by atoms with E-state index in [-0.39, 0.29) is 18.8 Å². The number of ether oxygens (including phenoxy) is 1. The Balaban J connectivity index is 3.20. The number of rotatable bonds is 3. The zero-order valence-corrected chi connectivity index (χ0v) is 6.73. The largest absolute Gasteiger partial charge is 0.428 e. The molecular weight excluding hydrogens is 170 g/mol. The van der Waals surface area contributed by atoms with E-state index in [1.807, 2.05) is 6.07 Å². The average Bonchev–Trinajstić information content (AvgIpc) is 2.18. The highest BCUT2D eigenvalue weighted by atomic mass is 16.5. The van der Waals surface area contributed by atoms with E-state index in [1.165, 1.54) is 6.07 Å². The van der Waals surface area contributed by atoms with Crippen LogP contribution in [0.2, 0.25) is 0 Å². The zero-order chi connectivity index (χ0) is 9.68. The van der Waals surface area contributed by atoms with Crippen LogP contribution in [0.15, 0.2) is 18.2 Å². The van der Waals surface area contributed by atoms with Crippen LogP contribution in [0, 0.1) is 11.3 Å². The van der Waals surface area contributed by atoms with Gasteiger partial charge in [0.15, 0.2) is 0 Å². The molecule has 0 saturated heterocycles. The maximum atomic E-state index is 10.1. The van der Waals surface area contributed by atoms with Crippen LogP contribution in [-0.4, -0.2) is 11.6 Å². The van der Waals surface area contributed by atoms with Gasteiger partial charge in [0.05, 0.1) is 18.2 Å². The summed E-state index contributed by atoms with van der Waals surface area (Å²) in [7, 11) is 0. The second kappa shape index (κ2) is 4.24. The molecule has 1 aromatic carbocycles. The first-order chi connectivity index (χ1) is 6.33. The van der Waals surface area contributed by atoms with Crippen LogP contribution < -0.4 is 4.74 Å². The maximum absolute atomic E-state index is 10.1. The topological polar surface area (TPSA) is 70.3 Å². The average molecular weight is 177 g/mol. The number of carbonyl (C=O) groups excluding carboxylic acids is 1. The molecule has 66 valence electrons. The molecule has 0 aliphatic rings. The number of benzene rings is 1. The molecule has 0 bridgehead atoms. The first-order valence-corrected chi connectivity index (χ1v) is 3.56. The van der Waals surface area contributed by atoms with E-state index < -0.39 is 0 Å². The Hall–Kier alpha value is -1.86. The molecule has 1 N–H and O–H groups in total. The Morgan fingerprint density at radius 3 is 2.92 bits per heavy atom. The van der Waals surface area contributed by atoms with Crippen LogP contribution in [-0.2, 0) is 11.4 Å². The van der Waals surface area contributed by atoms with Crippen molar-refractivity contribution in [3.8, 4) is 11.8 Å². The number of aliphatic hydroxyl groups excluding tert-OH is 1. The van der Waals surface area contributed by atoms with E-state index in [4.69, 9.17) is 10.4 Å². The number of nitrogens with zero attached hydrogens (tertiary/aromatic N) is 1. The van der Waals surface area contributed by atoms with E-state index in [1.54, 1.807) is 12.1 Å². The van der Waals surface area contributed by atoms with Gasteiger partial charge in [-0.05, 0) is 12.1 Å². The van der Waals surface area contributed by atoms with Crippen LogP contribution in [0.3, 0.4) is 0 Å². The van der Waals surface area contributed by atoms with Crippen molar-refractivity contribution in [3.63, 3.8) is 0 Å². The summed E-state index contributed by atoms with van der Waals surface area (Å²) in [6.45, 7) is -0.0669. The van der Waals surface area contributed by atoms with E-state index in [0.29, 0.717) is 11.1 Å². The lowest BCUT2D eigenvalue weighted by Crippen LogP contribution is -1.97. The molecule has 1 aromatic rings. The Labute approximate surface area is 75.0 Å². The van der Waals surface area contributed by atoms with E-state index >= 15 is 0 Å². The fourth-order valence-electron chi connectivity index (χ4n) is 0.996. The number of nitriles is 1. The molecular formula is C9H7NO3. The van der Waals surface area contributed by atoms with Gasteiger partial charge in [0, 0.05) is 5.56 Å². The van der Waals surface area contributed by atoms with Crippen molar-refractivity contribution in [2.24, 2.45) is 0 Å². The van der Waals surface area contributed by atoms with Crippen molar-refractivity contribution < 1.29 is 14.6 Å². The van der Waals surface area contributed by atoms with Gasteiger partial charge in [-0.1, -0.05) is 6.07 Å². The molecule has 0 amide bonds. The van der Waals surface area contributed by atoms with Crippen molar-refractivity contribution in [2.75, 3.05) is 0 Å². The lowest BCUT2D eigenvalue weighted by molar-refractivity contribution is -0.120. The molecule has 4 nitrogen and oxygen atoms in total. The summed E-state index contributed by atoms with van der Waals surface area (Å²) in [5.41, 5.74) is 0.638. The molecule has 0 unspecified atom stereocenters. The molecule has 0 atom stereocenters. The minimum atomic E-state index is -0.326. The second-order valence-electron chi connectivity index (χ2n) is 2.27. The number of carbonyl (C=O) groups is 1. The third kappa shape index (κ3) is 1.83. The summed E-state index contributed by atoms with van der Waals surface area (Å²) in [5.74, 6) is 0.219. The first-order valence-electron chi connectivity index (χ1n) is 3.56. The predicted molar refractivity (Wildman–Crippen MR) is 43.8 cm³/mol. The molecule has 0 spiro atoms. The maximum Gasteiger partial charge on any atom is 0.298 e. The molecule has 4 heteroatoms. The molecule has 1 rings (SSSR count). The van der Waals surface area contributed by atoms with Gasteiger partial charge in [-0.15, -0.1) is 0 Å². The summed E-state index contributed by atoms with van der Waals surface area (Å²) >= 11 is 0. The third-order valence-corrected chi connectivity index (χ3v) is 1.59. The predicted octanol–water partition coefficient (Wildman–Crippen LogP) is 0.586. The highest BCUT2D eigenvalue weighted by molar-refractivity contribution is 5.52. The highest BCUT2D eigenvalue weighted by Gasteiger charge is 2.07. The highest BCUT2D eigenvalue weighted by Crippen LogP contribution is 2.21. The van der Waals surface area contributed by atoms with Crippen molar-refractivity contribution in [2.45, 2.75) is 6.61 Å². The molecule has 0 aliphatic heterocycles.